The van der Waals surface area contributed by atoms with Crippen LogP contribution >= 0.6 is 0 Å². The summed E-state index contributed by atoms with van der Waals surface area (Å²) in [5.74, 6) is 2.49. The molecule has 0 bridgehead atoms. The molecule has 0 aliphatic heterocycles. The number of hydrogen-bond donors (Lipinski definition) is 0. The van der Waals surface area contributed by atoms with Gasteiger partial charge in [0.15, 0.2) is 17.5 Å². The van der Waals surface area contributed by atoms with E-state index in [0.717, 1.165) is 62.2 Å². The summed E-state index contributed by atoms with van der Waals surface area (Å²) in [6, 6.07) is 25.5. The lowest BCUT2D eigenvalue weighted by Crippen LogP contribution is -2.00. The molecule has 0 aliphatic rings. The first-order chi connectivity index (χ1) is 27.9. The Labute approximate surface area is 336 Å². The Hall–Kier alpha value is -7.08. The van der Waals surface area contributed by atoms with Crippen molar-refractivity contribution >= 4 is 24.3 Å². The Balaban J connectivity index is 0.000000177. The fourth-order valence-electron chi connectivity index (χ4n) is 6.50. The maximum absolute atomic E-state index is 13.1. The zero-order valence-corrected chi connectivity index (χ0v) is 33.3. The van der Waals surface area contributed by atoms with Crippen LogP contribution in [0.3, 0.4) is 0 Å². The second-order valence-electron chi connectivity index (χ2n) is 14.2. The highest BCUT2D eigenvalue weighted by atomic mass is 19.1. The lowest BCUT2D eigenvalue weighted by atomic mass is 10.1. The molecule has 4 aromatic heterocycles. The predicted molar refractivity (Wildman–Crippen MR) is 224 cm³/mol. The van der Waals surface area contributed by atoms with Gasteiger partial charge in [-0.1, -0.05) is 48.6 Å². The van der Waals surface area contributed by atoms with Crippen LogP contribution in [0.2, 0.25) is 0 Å². The number of aromatic nitrogens is 10. The van der Waals surface area contributed by atoms with E-state index in [1.54, 1.807) is 33.6 Å². The first kappa shape index (κ1) is 39.2. The first-order valence-electron chi connectivity index (χ1n) is 18.8. The van der Waals surface area contributed by atoms with Gasteiger partial charge in [0.25, 0.3) is 0 Å². The Morgan fingerprint density at radius 3 is 1.57 bits per heavy atom. The van der Waals surface area contributed by atoms with Crippen LogP contribution in [0, 0.1) is 39.3 Å². The van der Waals surface area contributed by atoms with Crippen molar-refractivity contribution in [3.8, 4) is 11.4 Å². The van der Waals surface area contributed by atoms with Gasteiger partial charge >= 0.3 is 0 Å². The molecule has 0 saturated heterocycles. The van der Waals surface area contributed by atoms with Gasteiger partial charge in [-0.3, -0.25) is 4.68 Å². The van der Waals surface area contributed by atoms with E-state index in [-0.39, 0.29) is 11.6 Å². The van der Waals surface area contributed by atoms with Crippen molar-refractivity contribution < 1.29 is 8.78 Å². The van der Waals surface area contributed by atoms with E-state index >= 15 is 0 Å². The smallest absolute Gasteiger partial charge is 0.174 e. The molecule has 0 unspecified atom stereocenters. The summed E-state index contributed by atoms with van der Waals surface area (Å²) in [6.07, 6.45) is 16.8. The zero-order chi connectivity index (χ0) is 40.8. The van der Waals surface area contributed by atoms with Gasteiger partial charge in [0, 0.05) is 50.7 Å². The number of imidazole rings is 2. The number of aryl methyl sites for hydroxylation is 6. The van der Waals surface area contributed by atoms with Gasteiger partial charge in [0.2, 0.25) is 0 Å². The molecule has 12 heteroatoms. The Morgan fingerprint density at radius 1 is 0.552 bits per heavy atom. The zero-order valence-electron chi connectivity index (χ0n) is 33.3. The summed E-state index contributed by atoms with van der Waals surface area (Å²) in [5, 5.41) is 8.93. The van der Waals surface area contributed by atoms with Gasteiger partial charge < -0.3 is 9.13 Å². The second kappa shape index (κ2) is 17.4. The molecule has 4 aromatic carbocycles. The van der Waals surface area contributed by atoms with Crippen LogP contribution < -0.4 is 0 Å². The van der Waals surface area contributed by atoms with Crippen molar-refractivity contribution in [1.29, 1.82) is 0 Å². The molecule has 292 valence electrons. The molecule has 0 radical (unpaired) electrons. The van der Waals surface area contributed by atoms with Crippen LogP contribution in [0.4, 0.5) is 8.78 Å². The molecule has 0 fully saturated rings. The van der Waals surface area contributed by atoms with Crippen LogP contribution in [0.1, 0.15) is 68.1 Å². The van der Waals surface area contributed by atoms with Gasteiger partial charge in [-0.25, -0.2) is 33.4 Å². The average Bonchev–Trinajstić information content (AvgIpc) is 4.00. The standard InChI is InChI=1S/2C23H22FN5/c1-16-12-18(6-10-21(16)29-14-17(2)25-15-29)7-11-23-26-22(27-28(23)3)13-19-4-8-20(24)9-5-19;1-16-12-18(6-10-21(16)29-14-17(2)25-15-29)7-11-22-26-23(28(3)27-22)13-19-4-8-20(24)9-5-19/h2*4-12,14-15H,13H2,1-3H3/b2*11-7+. The molecule has 10 nitrogen and oxygen atoms in total. The molecule has 0 atom stereocenters. The van der Waals surface area contributed by atoms with Crippen molar-refractivity contribution in [2.24, 2.45) is 14.1 Å². The van der Waals surface area contributed by atoms with Gasteiger partial charge in [-0.05, 0) is 122 Å². The first-order valence-corrected chi connectivity index (χ1v) is 18.8. The van der Waals surface area contributed by atoms with Crippen LogP contribution in [-0.4, -0.2) is 48.6 Å². The highest BCUT2D eigenvalue weighted by Crippen LogP contribution is 2.20. The van der Waals surface area contributed by atoms with Gasteiger partial charge in [-0.15, -0.1) is 0 Å². The molecule has 0 amide bonds. The minimum atomic E-state index is -0.240. The average molecular weight is 775 g/mol. The summed E-state index contributed by atoms with van der Waals surface area (Å²) in [6.45, 7) is 8.13. The highest BCUT2D eigenvalue weighted by Gasteiger charge is 2.09. The van der Waals surface area contributed by atoms with Crippen molar-refractivity contribution in [3.05, 3.63) is 190 Å². The maximum Gasteiger partial charge on any atom is 0.174 e. The van der Waals surface area contributed by atoms with Crippen molar-refractivity contribution in [2.45, 2.75) is 40.5 Å². The van der Waals surface area contributed by atoms with E-state index in [2.05, 4.69) is 80.4 Å². The summed E-state index contributed by atoms with van der Waals surface area (Å²) < 4.78 is 33.7. The van der Waals surface area contributed by atoms with Crippen LogP contribution in [0.5, 0.6) is 0 Å². The van der Waals surface area contributed by atoms with Crippen LogP contribution in [0.15, 0.2) is 110 Å². The normalized spacial score (nSPS) is 11.4. The lowest BCUT2D eigenvalue weighted by molar-refractivity contribution is 0.626. The van der Waals surface area contributed by atoms with E-state index < -0.39 is 0 Å². The summed E-state index contributed by atoms with van der Waals surface area (Å²) in [4.78, 5) is 17.8. The van der Waals surface area contributed by atoms with E-state index in [9.17, 15) is 8.78 Å². The van der Waals surface area contributed by atoms with Crippen molar-refractivity contribution in [2.75, 3.05) is 0 Å². The molecule has 8 aromatic rings. The molecular formula is C46H44F2N10. The van der Waals surface area contributed by atoms with Gasteiger partial charge in [-0.2, -0.15) is 10.2 Å². The molecule has 0 spiro atoms. The predicted octanol–water partition coefficient (Wildman–Crippen LogP) is 9.04. The molecule has 0 N–H and O–H groups in total. The monoisotopic (exact) mass is 774 g/mol. The topological polar surface area (TPSA) is 97.1 Å². The molecule has 0 saturated carbocycles. The third-order valence-corrected chi connectivity index (χ3v) is 9.53. The Kier molecular flexibility index (Phi) is 11.7. The quantitative estimate of drug-likeness (QED) is 0.138. The molecule has 0 aliphatic carbocycles. The minimum Gasteiger partial charge on any atom is -0.306 e. The molecular weight excluding hydrogens is 731 g/mol. The van der Waals surface area contributed by atoms with Gasteiger partial charge in [0.05, 0.1) is 24.0 Å². The second-order valence-corrected chi connectivity index (χ2v) is 14.2. The molecule has 4 heterocycles. The number of halogens is 2. The van der Waals surface area contributed by atoms with Crippen molar-refractivity contribution in [3.63, 3.8) is 0 Å². The maximum atomic E-state index is 13.1. The summed E-state index contributed by atoms with van der Waals surface area (Å²) >= 11 is 0. The Bertz CT molecular complexity index is 2710. The van der Waals surface area contributed by atoms with E-state index in [0.29, 0.717) is 24.5 Å². The summed E-state index contributed by atoms with van der Waals surface area (Å²) in [7, 11) is 3.74. The fraction of sp³-hybridized carbons (Fsp3) is 0.174. The fourth-order valence-corrected chi connectivity index (χ4v) is 6.50. The number of nitrogens with zero attached hydrogens (tertiary/aromatic N) is 10. The van der Waals surface area contributed by atoms with Gasteiger partial charge in [0.1, 0.15) is 17.5 Å². The van der Waals surface area contributed by atoms with Crippen molar-refractivity contribution in [1.82, 2.24) is 48.6 Å². The largest absolute Gasteiger partial charge is 0.306 e. The highest BCUT2D eigenvalue weighted by molar-refractivity contribution is 5.69. The van der Waals surface area contributed by atoms with E-state index in [4.69, 9.17) is 0 Å². The Morgan fingerprint density at radius 2 is 1.07 bits per heavy atom. The van der Waals surface area contributed by atoms with E-state index in [1.807, 2.05) is 86.4 Å². The lowest BCUT2D eigenvalue weighted by Gasteiger charge is -2.07. The summed E-state index contributed by atoms with van der Waals surface area (Å²) in [5.41, 5.74) is 10.7. The van der Waals surface area contributed by atoms with Crippen LogP contribution in [0.25, 0.3) is 35.7 Å². The third kappa shape index (κ3) is 9.83. The molecule has 58 heavy (non-hydrogen) atoms. The van der Waals surface area contributed by atoms with E-state index in [1.165, 1.54) is 29.8 Å². The van der Waals surface area contributed by atoms with Crippen LogP contribution in [-0.2, 0) is 26.9 Å². The number of rotatable bonds is 10. The minimum absolute atomic E-state index is 0.236. The number of hydrogen-bond acceptors (Lipinski definition) is 6. The number of benzene rings is 4. The SMILES string of the molecule is Cc1cn(-c2ccc(/C=C/c3nc(Cc4ccc(F)cc4)n(C)n3)cc2C)cn1.Cc1cn(-c2ccc(/C=C/c3nc(Cc4ccc(F)cc4)nn3C)cc2C)cn1. The molecule has 8 rings (SSSR count). The third-order valence-electron chi connectivity index (χ3n) is 9.53.